The number of fused-ring (bicyclic) bond motifs is 1. The molecule has 0 spiro atoms. The minimum atomic E-state index is -1.61. The van der Waals surface area contributed by atoms with Crippen LogP contribution < -0.4 is 0 Å². The van der Waals surface area contributed by atoms with Crippen molar-refractivity contribution >= 4 is 35.8 Å². The molecule has 2 rings (SSSR count). The van der Waals surface area contributed by atoms with Crippen LogP contribution in [0.5, 0.6) is 0 Å². The first-order chi connectivity index (χ1) is 7.87. The normalized spacial score (nSPS) is 47.3. The highest BCUT2D eigenvalue weighted by atomic mass is 79.9. The van der Waals surface area contributed by atoms with Gasteiger partial charge in [0, 0.05) is 5.41 Å². The van der Waals surface area contributed by atoms with E-state index in [1.54, 1.807) is 0 Å². The average molecular weight is 354 g/mol. The molecule has 0 bridgehead atoms. The monoisotopic (exact) mass is 352 g/mol. The van der Waals surface area contributed by atoms with E-state index in [-0.39, 0.29) is 14.8 Å². The van der Waals surface area contributed by atoms with Crippen LogP contribution >= 0.6 is 27.5 Å². The molecule has 18 heavy (non-hydrogen) atoms. The first-order valence-corrected chi connectivity index (χ1v) is 11.5. The summed E-state index contributed by atoms with van der Waals surface area (Å²) >= 11 is 10.6. The van der Waals surface area contributed by atoms with Crippen molar-refractivity contribution in [2.75, 3.05) is 0 Å². The molecule has 106 valence electrons. The van der Waals surface area contributed by atoms with Crippen LogP contribution in [0.25, 0.3) is 0 Å². The van der Waals surface area contributed by atoms with Crippen molar-refractivity contribution in [3.63, 3.8) is 0 Å². The molecule has 0 aromatic heterocycles. The molecular weight excluding hydrogens is 328 g/mol. The van der Waals surface area contributed by atoms with Crippen LogP contribution in [0.1, 0.15) is 46.5 Å². The third-order valence-electron chi connectivity index (χ3n) is 4.77. The molecule has 0 aliphatic heterocycles. The molecule has 0 radical (unpaired) electrons. The molecule has 0 aromatic carbocycles. The summed E-state index contributed by atoms with van der Waals surface area (Å²) in [5.74, 6) is 0. The van der Waals surface area contributed by atoms with Crippen molar-refractivity contribution in [2.45, 2.75) is 75.5 Å². The maximum absolute atomic E-state index is 6.83. The second-order valence-electron chi connectivity index (χ2n) is 8.14. The van der Waals surface area contributed by atoms with E-state index in [1.807, 2.05) is 0 Å². The van der Waals surface area contributed by atoms with Crippen LogP contribution in [-0.4, -0.2) is 17.7 Å². The maximum Gasteiger partial charge on any atom is 0.184 e. The highest BCUT2D eigenvalue weighted by molar-refractivity contribution is 9.10. The Morgan fingerprint density at radius 1 is 1.11 bits per heavy atom. The van der Waals surface area contributed by atoms with E-state index in [0.29, 0.717) is 5.41 Å². The highest BCUT2D eigenvalue weighted by Crippen LogP contribution is 2.80. The molecule has 0 saturated heterocycles. The van der Waals surface area contributed by atoms with Crippen molar-refractivity contribution < 1.29 is 4.43 Å². The number of rotatable bonds is 2. The van der Waals surface area contributed by atoms with Gasteiger partial charge in [0.2, 0.25) is 0 Å². The smallest absolute Gasteiger partial charge is 0.184 e. The van der Waals surface area contributed by atoms with E-state index in [4.69, 9.17) is 16.0 Å². The Balaban J connectivity index is 2.39. The third-order valence-corrected chi connectivity index (χ3v) is 7.97. The molecule has 0 N–H and O–H groups in total. The van der Waals surface area contributed by atoms with E-state index in [9.17, 15) is 0 Å². The summed E-state index contributed by atoms with van der Waals surface area (Å²) in [4.78, 5) is 0. The van der Waals surface area contributed by atoms with Gasteiger partial charge < -0.3 is 4.43 Å². The summed E-state index contributed by atoms with van der Waals surface area (Å²) in [5, 5.41) is 0. The van der Waals surface area contributed by atoms with E-state index >= 15 is 0 Å². The van der Waals surface area contributed by atoms with Gasteiger partial charge in [0.15, 0.2) is 8.32 Å². The Kier molecular flexibility index (Phi) is 3.40. The van der Waals surface area contributed by atoms with Gasteiger partial charge in [0.05, 0.1) is 5.60 Å². The van der Waals surface area contributed by atoms with Gasteiger partial charge in [-0.25, -0.2) is 0 Å². The zero-order valence-electron chi connectivity index (χ0n) is 12.5. The van der Waals surface area contributed by atoms with Crippen LogP contribution in [-0.2, 0) is 4.43 Å². The second kappa shape index (κ2) is 3.99. The largest absolute Gasteiger partial charge is 0.409 e. The van der Waals surface area contributed by atoms with Gasteiger partial charge in [0.25, 0.3) is 0 Å². The van der Waals surface area contributed by atoms with Crippen LogP contribution in [0.2, 0.25) is 19.6 Å². The molecule has 1 nitrogen and oxygen atoms in total. The zero-order valence-corrected chi connectivity index (χ0v) is 15.8. The SMILES string of the molecule is CC1(C)CCC[C@]2(C)[C@](Cl)(Br)[C@]2(O[Si](C)(C)C)C1. The van der Waals surface area contributed by atoms with E-state index < -0.39 is 8.32 Å². The fraction of sp³-hybridized carbons (Fsp3) is 1.00. The van der Waals surface area contributed by atoms with Crippen molar-refractivity contribution in [3.05, 3.63) is 0 Å². The Hall–Kier alpha value is 0.947. The molecule has 2 aliphatic carbocycles. The fourth-order valence-electron chi connectivity index (χ4n) is 3.81. The molecule has 3 atom stereocenters. The van der Waals surface area contributed by atoms with Crippen molar-refractivity contribution in [1.82, 2.24) is 0 Å². The van der Waals surface area contributed by atoms with Crippen LogP contribution in [0, 0.1) is 10.8 Å². The van der Waals surface area contributed by atoms with E-state index in [1.165, 1.54) is 12.8 Å². The summed E-state index contributed by atoms with van der Waals surface area (Å²) < 4.78 is 6.26. The molecule has 2 aliphatic rings. The summed E-state index contributed by atoms with van der Waals surface area (Å²) in [7, 11) is -1.61. The molecule has 0 unspecified atom stereocenters. The topological polar surface area (TPSA) is 9.23 Å². The molecule has 4 heteroatoms. The van der Waals surface area contributed by atoms with Crippen LogP contribution in [0.15, 0.2) is 0 Å². The van der Waals surface area contributed by atoms with Gasteiger partial charge in [-0.2, -0.15) is 0 Å². The Bertz CT molecular complexity index is 363. The third kappa shape index (κ3) is 2.04. The van der Waals surface area contributed by atoms with Gasteiger partial charge in [-0.05, 0) is 44.3 Å². The molecular formula is C14H26BrClOSi. The van der Waals surface area contributed by atoms with Crippen molar-refractivity contribution in [2.24, 2.45) is 10.8 Å². The lowest BCUT2D eigenvalue weighted by atomic mass is 9.82. The highest BCUT2D eigenvalue weighted by Gasteiger charge is 2.85. The van der Waals surface area contributed by atoms with Gasteiger partial charge in [-0.15, -0.1) is 11.6 Å². The second-order valence-corrected chi connectivity index (χ2v) is 14.8. The summed E-state index contributed by atoms with van der Waals surface area (Å²) in [6, 6.07) is 0. The first-order valence-electron chi connectivity index (χ1n) is 6.95. The Labute approximate surface area is 126 Å². The lowest BCUT2D eigenvalue weighted by molar-refractivity contribution is 0.0803. The lowest BCUT2D eigenvalue weighted by Crippen LogP contribution is -2.40. The van der Waals surface area contributed by atoms with Gasteiger partial charge >= 0.3 is 0 Å². The van der Waals surface area contributed by atoms with Gasteiger partial charge in [0.1, 0.15) is 3.78 Å². The fourth-order valence-corrected chi connectivity index (χ4v) is 7.11. The van der Waals surface area contributed by atoms with Gasteiger partial charge in [-0.3, -0.25) is 0 Å². The van der Waals surface area contributed by atoms with E-state index in [0.717, 1.165) is 12.8 Å². The minimum absolute atomic E-state index is 0.0790. The standard InChI is InChI=1S/C14H26BrClOSi/c1-11(2)8-7-9-12(3)13(10-11,14(12,15)16)17-18(4,5)6/h7-10H2,1-6H3/t12-,13-,14+/m0/s1. The number of hydrogen-bond donors (Lipinski definition) is 0. The Morgan fingerprint density at radius 3 is 2.17 bits per heavy atom. The number of halogens is 2. The molecule has 0 amide bonds. The van der Waals surface area contributed by atoms with Crippen molar-refractivity contribution in [3.8, 4) is 0 Å². The summed E-state index contributed by atoms with van der Waals surface area (Å²) in [6.07, 6.45) is 4.75. The van der Waals surface area contributed by atoms with Crippen LogP contribution in [0.4, 0.5) is 0 Å². The molecule has 0 heterocycles. The maximum atomic E-state index is 6.83. The predicted octanol–water partition coefficient (Wildman–Crippen LogP) is 5.53. The summed E-state index contributed by atoms with van der Waals surface area (Å²) in [5.41, 5.74) is 0.226. The summed E-state index contributed by atoms with van der Waals surface area (Å²) in [6.45, 7) is 13.8. The molecule has 2 saturated carbocycles. The quantitative estimate of drug-likeness (QED) is 0.468. The van der Waals surface area contributed by atoms with Gasteiger partial charge in [-0.1, -0.05) is 43.1 Å². The number of alkyl halides is 2. The predicted molar refractivity (Wildman–Crippen MR) is 85.0 cm³/mol. The van der Waals surface area contributed by atoms with E-state index in [2.05, 4.69) is 56.3 Å². The molecule has 2 fully saturated rings. The minimum Gasteiger partial charge on any atom is -0.409 e. The Morgan fingerprint density at radius 2 is 1.67 bits per heavy atom. The lowest BCUT2D eigenvalue weighted by Gasteiger charge is -2.35. The first kappa shape index (κ1) is 15.3. The molecule has 0 aromatic rings. The average Bonchev–Trinajstić information content (AvgIpc) is 2.47. The van der Waals surface area contributed by atoms with Crippen molar-refractivity contribution in [1.29, 1.82) is 0 Å². The van der Waals surface area contributed by atoms with Crippen LogP contribution in [0.3, 0.4) is 0 Å². The zero-order chi connectivity index (χ0) is 14.0. The number of hydrogen-bond acceptors (Lipinski definition) is 1.